The number of nitrogens with zero attached hydrogens (tertiary/aromatic N) is 3. The van der Waals surface area contributed by atoms with Crippen LogP contribution in [-0.4, -0.2) is 49.2 Å². The molecule has 42 heavy (non-hydrogen) atoms. The molecule has 3 N–H and O–H groups in total. The van der Waals surface area contributed by atoms with Gasteiger partial charge < -0.3 is 20.2 Å². The van der Waals surface area contributed by atoms with E-state index in [1.165, 1.54) is 43.4 Å². The topological polar surface area (TPSA) is 107 Å². The van der Waals surface area contributed by atoms with E-state index in [1.54, 1.807) is 0 Å². The van der Waals surface area contributed by atoms with Gasteiger partial charge in [-0.15, -0.1) is 0 Å². The SMILES string of the molecule is CC(=O)N[C@H](C(=O)N1CCC[C@H]1c1nc2ccc(-c3ccc4c(ccc5[nH]c(C6CCCC6)nc54)c3)cc2[nH]1)C(C)C. The molecule has 1 saturated carbocycles. The first-order valence-corrected chi connectivity index (χ1v) is 15.4. The summed E-state index contributed by atoms with van der Waals surface area (Å²) in [6.45, 7) is 6.05. The lowest BCUT2D eigenvalue weighted by molar-refractivity contribution is -0.138. The third-order valence-electron chi connectivity index (χ3n) is 9.20. The van der Waals surface area contributed by atoms with Crippen molar-refractivity contribution in [3.8, 4) is 11.1 Å². The van der Waals surface area contributed by atoms with Gasteiger partial charge >= 0.3 is 0 Å². The summed E-state index contributed by atoms with van der Waals surface area (Å²) in [7, 11) is 0. The summed E-state index contributed by atoms with van der Waals surface area (Å²) in [6.07, 6.45) is 6.79. The molecule has 1 saturated heterocycles. The van der Waals surface area contributed by atoms with Crippen LogP contribution in [0.25, 0.3) is 44.0 Å². The average molecular weight is 563 g/mol. The highest BCUT2D eigenvalue weighted by Gasteiger charge is 2.37. The zero-order valence-electron chi connectivity index (χ0n) is 24.5. The van der Waals surface area contributed by atoms with Gasteiger partial charge in [-0.1, -0.05) is 51.0 Å². The van der Waals surface area contributed by atoms with Crippen molar-refractivity contribution in [1.82, 2.24) is 30.2 Å². The molecule has 0 spiro atoms. The molecule has 0 unspecified atom stereocenters. The van der Waals surface area contributed by atoms with E-state index in [-0.39, 0.29) is 23.8 Å². The second-order valence-corrected chi connectivity index (χ2v) is 12.5. The maximum absolute atomic E-state index is 13.5. The normalized spacial score (nSPS) is 18.6. The lowest BCUT2D eigenvalue weighted by atomic mass is 10.0. The van der Waals surface area contributed by atoms with E-state index >= 15 is 0 Å². The van der Waals surface area contributed by atoms with Crippen molar-refractivity contribution in [2.45, 2.75) is 77.3 Å². The summed E-state index contributed by atoms with van der Waals surface area (Å²) in [5.41, 5.74) is 6.25. The van der Waals surface area contributed by atoms with Crippen molar-refractivity contribution in [1.29, 1.82) is 0 Å². The quantitative estimate of drug-likeness (QED) is 0.213. The Bertz CT molecular complexity index is 1810. The highest BCUT2D eigenvalue weighted by atomic mass is 16.2. The van der Waals surface area contributed by atoms with Crippen molar-refractivity contribution >= 4 is 44.7 Å². The minimum Gasteiger partial charge on any atom is -0.344 e. The predicted molar refractivity (Wildman–Crippen MR) is 166 cm³/mol. The first kappa shape index (κ1) is 26.7. The Morgan fingerprint density at radius 3 is 2.43 bits per heavy atom. The molecule has 7 rings (SSSR count). The van der Waals surface area contributed by atoms with Gasteiger partial charge in [0.1, 0.15) is 17.7 Å². The molecule has 0 bridgehead atoms. The standard InChI is InChI=1S/C34H38N6O2/c1-19(2)30(35-20(3)41)34(42)40-16-6-9-29(40)33-36-26-14-11-23(18-28(26)38-33)22-10-13-25-24(17-22)12-15-27-31(25)39-32(37-27)21-7-4-5-8-21/h10-15,17-19,21,29-30H,4-9,16H2,1-3H3,(H,35,41)(H,36,38)(H,37,39)/t29-,30-/m0/s1. The number of carbonyl (C=O) groups excluding carboxylic acids is 2. The lowest BCUT2D eigenvalue weighted by Gasteiger charge is -2.30. The van der Waals surface area contributed by atoms with Crippen LogP contribution in [0.4, 0.5) is 0 Å². The van der Waals surface area contributed by atoms with Gasteiger partial charge in [-0.2, -0.15) is 0 Å². The highest BCUT2D eigenvalue weighted by Crippen LogP contribution is 2.36. The number of imidazole rings is 2. The Labute approximate surface area is 245 Å². The molecule has 1 aliphatic heterocycles. The van der Waals surface area contributed by atoms with Gasteiger partial charge in [0.2, 0.25) is 11.8 Å². The van der Waals surface area contributed by atoms with E-state index in [1.807, 2.05) is 18.7 Å². The first-order valence-electron chi connectivity index (χ1n) is 15.4. The molecule has 2 atom stereocenters. The first-order chi connectivity index (χ1) is 20.4. The largest absolute Gasteiger partial charge is 0.344 e. The Hall–Kier alpha value is -4.20. The van der Waals surface area contributed by atoms with Crippen LogP contribution in [0, 0.1) is 5.92 Å². The average Bonchev–Trinajstić information content (AvgIpc) is 3.79. The maximum atomic E-state index is 13.5. The molecule has 216 valence electrons. The molecule has 2 aliphatic rings. The molecule has 8 heteroatoms. The molecule has 2 amide bonds. The summed E-state index contributed by atoms with van der Waals surface area (Å²) in [5, 5.41) is 5.20. The van der Waals surface area contributed by atoms with Crippen LogP contribution < -0.4 is 5.32 Å². The molecule has 2 aromatic heterocycles. The highest BCUT2D eigenvalue weighted by molar-refractivity contribution is 6.05. The van der Waals surface area contributed by atoms with Crippen LogP contribution in [0.2, 0.25) is 0 Å². The van der Waals surface area contributed by atoms with Crippen LogP contribution in [0.1, 0.15) is 82.9 Å². The number of likely N-dealkylation sites (tertiary alicyclic amines) is 1. The molecule has 0 radical (unpaired) electrons. The second kappa shape index (κ2) is 10.6. The summed E-state index contributed by atoms with van der Waals surface area (Å²) in [6, 6.07) is 16.6. The second-order valence-electron chi connectivity index (χ2n) is 12.5. The van der Waals surface area contributed by atoms with E-state index in [0.717, 1.165) is 57.7 Å². The fraction of sp³-hybridized carbons (Fsp3) is 0.412. The predicted octanol–water partition coefficient (Wildman–Crippen LogP) is 6.74. The van der Waals surface area contributed by atoms with Gasteiger partial charge in [-0.3, -0.25) is 9.59 Å². The van der Waals surface area contributed by atoms with Crippen molar-refractivity contribution in [2.75, 3.05) is 6.54 Å². The number of nitrogens with one attached hydrogen (secondary N) is 3. The smallest absolute Gasteiger partial charge is 0.246 e. The van der Waals surface area contributed by atoms with Gasteiger partial charge in [0, 0.05) is 24.8 Å². The summed E-state index contributed by atoms with van der Waals surface area (Å²) in [4.78, 5) is 44.2. The van der Waals surface area contributed by atoms with Crippen LogP contribution in [0.3, 0.4) is 0 Å². The Morgan fingerprint density at radius 1 is 0.881 bits per heavy atom. The van der Waals surface area contributed by atoms with E-state index in [0.29, 0.717) is 12.5 Å². The number of fused-ring (bicyclic) bond motifs is 4. The summed E-state index contributed by atoms with van der Waals surface area (Å²) < 4.78 is 0. The third-order valence-corrected chi connectivity index (χ3v) is 9.20. The fourth-order valence-corrected chi connectivity index (χ4v) is 6.99. The van der Waals surface area contributed by atoms with Gasteiger partial charge in [-0.05, 0) is 72.4 Å². The molecule has 2 fully saturated rings. The zero-order valence-corrected chi connectivity index (χ0v) is 24.5. The third kappa shape index (κ3) is 4.72. The van der Waals surface area contributed by atoms with Crippen LogP contribution in [0.5, 0.6) is 0 Å². The maximum Gasteiger partial charge on any atom is 0.246 e. The number of rotatable bonds is 6. The number of carbonyl (C=O) groups is 2. The van der Waals surface area contributed by atoms with Gasteiger partial charge in [-0.25, -0.2) is 9.97 Å². The number of aromatic amines is 2. The van der Waals surface area contributed by atoms with E-state index in [4.69, 9.17) is 9.97 Å². The van der Waals surface area contributed by atoms with Gasteiger partial charge in [0.25, 0.3) is 0 Å². The van der Waals surface area contributed by atoms with Crippen LogP contribution in [-0.2, 0) is 9.59 Å². The molecule has 3 heterocycles. The monoisotopic (exact) mass is 562 g/mol. The van der Waals surface area contributed by atoms with Crippen molar-refractivity contribution in [3.05, 3.63) is 60.2 Å². The minimum absolute atomic E-state index is 0.00121. The summed E-state index contributed by atoms with van der Waals surface area (Å²) >= 11 is 0. The van der Waals surface area contributed by atoms with E-state index in [2.05, 4.69) is 63.8 Å². The number of hydrogen-bond acceptors (Lipinski definition) is 4. The van der Waals surface area contributed by atoms with Crippen LogP contribution >= 0.6 is 0 Å². The number of hydrogen-bond donors (Lipinski definition) is 3. The zero-order chi connectivity index (χ0) is 29.0. The molecule has 1 aliphatic carbocycles. The molecular formula is C34H38N6O2. The Morgan fingerprint density at radius 2 is 1.64 bits per heavy atom. The van der Waals surface area contributed by atoms with E-state index in [9.17, 15) is 9.59 Å². The molecule has 5 aromatic rings. The van der Waals surface area contributed by atoms with Crippen molar-refractivity contribution in [2.24, 2.45) is 5.92 Å². The van der Waals surface area contributed by atoms with Crippen molar-refractivity contribution in [3.63, 3.8) is 0 Å². The molecule has 8 nitrogen and oxygen atoms in total. The number of aromatic nitrogens is 4. The number of H-pyrrole nitrogens is 2. The van der Waals surface area contributed by atoms with Crippen molar-refractivity contribution < 1.29 is 9.59 Å². The van der Waals surface area contributed by atoms with Crippen LogP contribution in [0.15, 0.2) is 48.5 Å². The van der Waals surface area contributed by atoms with Gasteiger partial charge in [0.15, 0.2) is 0 Å². The van der Waals surface area contributed by atoms with E-state index < -0.39 is 6.04 Å². The van der Waals surface area contributed by atoms with Gasteiger partial charge in [0.05, 0.1) is 28.1 Å². The fourth-order valence-electron chi connectivity index (χ4n) is 6.99. The molecular weight excluding hydrogens is 524 g/mol. The Balaban J connectivity index is 1.17. The summed E-state index contributed by atoms with van der Waals surface area (Å²) in [5.74, 6) is 2.27. The number of benzene rings is 3. The Kier molecular flexibility index (Phi) is 6.72. The molecule has 3 aromatic carbocycles. The lowest BCUT2D eigenvalue weighted by Crippen LogP contribution is -2.50. The number of amides is 2. The minimum atomic E-state index is -0.538.